The van der Waals surface area contributed by atoms with E-state index in [0.29, 0.717) is 37.7 Å². The van der Waals surface area contributed by atoms with Crippen molar-refractivity contribution in [2.75, 3.05) is 26.2 Å². The topological polar surface area (TPSA) is 63.4 Å². The molecular formula is C18H24BrN5O2S2. The predicted molar refractivity (Wildman–Crippen MR) is 113 cm³/mol. The Morgan fingerprint density at radius 2 is 1.86 bits per heavy atom. The summed E-state index contributed by atoms with van der Waals surface area (Å²) in [5.41, 5.74) is 0. The zero-order valence-electron chi connectivity index (χ0n) is 15.6. The minimum Gasteiger partial charge on any atom is -0.304 e. The molecule has 0 saturated carbocycles. The van der Waals surface area contributed by atoms with Gasteiger partial charge in [-0.1, -0.05) is 28.4 Å². The lowest BCUT2D eigenvalue weighted by atomic mass is 10.2. The van der Waals surface area contributed by atoms with Gasteiger partial charge in [-0.15, -0.1) is 0 Å². The lowest BCUT2D eigenvalue weighted by molar-refractivity contribution is 0.144. The summed E-state index contributed by atoms with van der Waals surface area (Å²) < 4.78 is 32.9. The SMILES string of the molecule is O=S(=O)(c1cccc(Br)c1)N1CCN(Cn2nc3n(c2=S)CCCCC3)CC1. The number of piperazine rings is 1. The quantitative estimate of drug-likeness (QED) is 0.622. The van der Waals surface area contributed by atoms with Crippen LogP contribution < -0.4 is 0 Å². The highest BCUT2D eigenvalue weighted by Crippen LogP contribution is 2.21. The second kappa shape index (κ2) is 8.35. The molecule has 0 amide bonds. The Labute approximate surface area is 179 Å². The largest absolute Gasteiger partial charge is 0.304 e. The number of sulfonamides is 1. The average Bonchev–Trinajstić information content (AvgIpc) is 2.85. The first kappa shape index (κ1) is 20.2. The van der Waals surface area contributed by atoms with Crippen molar-refractivity contribution >= 4 is 38.2 Å². The summed E-state index contributed by atoms with van der Waals surface area (Å²) >= 11 is 8.97. The standard InChI is InChI=1S/C18H24BrN5O2S2/c19-15-5-4-6-16(13-15)28(25,26)22-11-9-21(10-12-22)14-24-18(27)23-8-3-1-2-7-17(23)20-24/h4-6,13H,1-3,7-12,14H2. The highest BCUT2D eigenvalue weighted by atomic mass is 79.9. The Hall–Kier alpha value is -1.07. The fraction of sp³-hybridized carbons (Fsp3) is 0.556. The summed E-state index contributed by atoms with van der Waals surface area (Å²) in [5.74, 6) is 1.08. The molecule has 0 aliphatic carbocycles. The first-order chi connectivity index (χ1) is 13.4. The Morgan fingerprint density at radius 1 is 1.07 bits per heavy atom. The molecular weight excluding hydrogens is 462 g/mol. The van der Waals surface area contributed by atoms with Gasteiger partial charge in [-0.25, -0.2) is 13.1 Å². The molecule has 0 atom stereocenters. The Balaban J connectivity index is 1.42. The van der Waals surface area contributed by atoms with Crippen molar-refractivity contribution in [3.8, 4) is 0 Å². The van der Waals surface area contributed by atoms with Gasteiger partial charge in [0, 0.05) is 43.6 Å². The van der Waals surface area contributed by atoms with Crippen LogP contribution in [0.15, 0.2) is 33.6 Å². The van der Waals surface area contributed by atoms with E-state index in [4.69, 9.17) is 17.3 Å². The highest BCUT2D eigenvalue weighted by Gasteiger charge is 2.29. The number of rotatable bonds is 4. The first-order valence-electron chi connectivity index (χ1n) is 9.60. The van der Waals surface area contributed by atoms with Gasteiger partial charge in [0.2, 0.25) is 10.0 Å². The van der Waals surface area contributed by atoms with Crippen molar-refractivity contribution in [2.45, 2.75) is 43.8 Å². The third kappa shape index (κ3) is 4.11. The van der Waals surface area contributed by atoms with Crippen molar-refractivity contribution < 1.29 is 8.42 Å². The zero-order chi connectivity index (χ0) is 19.7. The van der Waals surface area contributed by atoms with Crippen LogP contribution in [-0.4, -0.2) is 58.1 Å². The van der Waals surface area contributed by atoms with E-state index in [2.05, 4.69) is 25.4 Å². The Bertz CT molecular complexity index is 1010. The van der Waals surface area contributed by atoms with E-state index >= 15 is 0 Å². The molecule has 2 aliphatic rings. The molecule has 0 N–H and O–H groups in total. The van der Waals surface area contributed by atoms with Crippen LogP contribution in [0, 0.1) is 4.77 Å². The zero-order valence-corrected chi connectivity index (χ0v) is 18.8. The summed E-state index contributed by atoms with van der Waals surface area (Å²) in [6.45, 7) is 3.83. The molecule has 0 radical (unpaired) electrons. The van der Waals surface area contributed by atoms with E-state index in [9.17, 15) is 8.42 Å². The molecule has 0 spiro atoms. The number of nitrogens with zero attached hydrogens (tertiary/aromatic N) is 5. The molecule has 2 aliphatic heterocycles. The maximum Gasteiger partial charge on any atom is 0.243 e. The van der Waals surface area contributed by atoms with Gasteiger partial charge in [-0.2, -0.15) is 9.40 Å². The van der Waals surface area contributed by atoms with Crippen LogP contribution >= 0.6 is 28.1 Å². The molecule has 28 heavy (non-hydrogen) atoms. The van der Waals surface area contributed by atoms with E-state index in [1.54, 1.807) is 22.5 Å². The molecule has 0 bridgehead atoms. The van der Waals surface area contributed by atoms with Crippen molar-refractivity contribution in [3.63, 3.8) is 0 Å². The van der Waals surface area contributed by atoms with Crippen LogP contribution in [0.3, 0.4) is 0 Å². The molecule has 0 unspecified atom stereocenters. The highest BCUT2D eigenvalue weighted by molar-refractivity contribution is 9.10. The normalized spacial score (nSPS) is 19.3. The van der Waals surface area contributed by atoms with Crippen LogP contribution in [0.1, 0.15) is 25.1 Å². The van der Waals surface area contributed by atoms with Crippen LogP contribution in [0.5, 0.6) is 0 Å². The van der Waals surface area contributed by atoms with E-state index in [1.165, 1.54) is 6.42 Å². The van der Waals surface area contributed by atoms with Crippen LogP contribution in [0.25, 0.3) is 0 Å². The smallest absolute Gasteiger partial charge is 0.243 e. The van der Waals surface area contributed by atoms with Crippen molar-refractivity contribution in [2.24, 2.45) is 0 Å². The van der Waals surface area contributed by atoms with Gasteiger partial charge in [0.05, 0.1) is 11.6 Å². The van der Waals surface area contributed by atoms with Gasteiger partial charge in [0.25, 0.3) is 0 Å². The van der Waals surface area contributed by atoms with Crippen LogP contribution in [0.4, 0.5) is 0 Å². The van der Waals surface area contributed by atoms with E-state index in [1.807, 2.05) is 10.7 Å². The number of aromatic nitrogens is 3. The summed E-state index contributed by atoms with van der Waals surface area (Å²) in [7, 11) is -3.47. The van der Waals surface area contributed by atoms with Crippen molar-refractivity contribution in [1.29, 1.82) is 0 Å². The van der Waals surface area contributed by atoms with Crippen LogP contribution in [0.2, 0.25) is 0 Å². The monoisotopic (exact) mass is 485 g/mol. The third-order valence-electron chi connectivity index (χ3n) is 5.38. The number of fused-ring (bicyclic) bond motifs is 1. The van der Waals surface area contributed by atoms with Crippen molar-refractivity contribution in [3.05, 3.63) is 39.3 Å². The number of hydrogen-bond donors (Lipinski definition) is 0. The fourth-order valence-corrected chi connectivity index (χ4v) is 6.11. The summed E-state index contributed by atoms with van der Waals surface area (Å²) in [4.78, 5) is 2.55. The molecule has 10 heteroatoms. The molecule has 4 rings (SSSR count). The minimum atomic E-state index is -3.47. The fourth-order valence-electron chi connectivity index (χ4n) is 3.79. The minimum absolute atomic E-state index is 0.329. The summed E-state index contributed by atoms with van der Waals surface area (Å²) in [6.07, 6.45) is 4.53. The van der Waals surface area contributed by atoms with E-state index < -0.39 is 10.0 Å². The predicted octanol–water partition coefficient (Wildman–Crippen LogP) is 2.87. The summed E-state index contributed by atoms with van der Waals surface area (Å²) in [5, 5.41) is 4.73. The number of hydrogen-bond acceptors (Lipinski definition) is 5. The Morgan fingerprint density at radius 3 is 2.61 bits per heavy atom. The summed E-state index contributed by atoms with van der Waals surface area (Å²) in [6, 6.07) is 6.87. The van der Waals surface area contributed by atoms with E-state index in [0.717, 1.165) is 40.9 Å². The lowest BCUT2D eigenvalue weighted by Gasteiger charge is -2.33. The molecule has 152 valence electrons. The Kier molecular flexibility index (Phi) is 6.03. The maximum atomic E-state index is 12.9. The number of benzene rings is 1. The van der Waals surface area contributed by atoms with Gasteiger partial charge < -0.3 is 4.57 Å². The first-order valence-corrected chi connectivity index (χ1v) is 12.2. The molecule has 1 saturated heterocycles. The third-order valence-corrected chi connectivity index (χ3v) is 8.20. The van der Waals surface area contributed by atoms with Crippen LogP contribution in [-0.2, 0) is 29.7 Å². The molecule has 1 aromatic heterocycles. The second-order valence-electron chi connectivity index (χ2n) is 7.28. The average molecular weight is 486 g/mol. The number of aryl methyl sites for hydroxylation is 1. The van der Waals surface area contributed by atoms with E-state index in [-0.39, 0.29) is 0 Å². The van der Waals surface area contributed by atoms with Gasteiger partial charge in [0.15, 0.2) is 4.77 Å². The number of halogens is 1. The van der Waals surface area contributed by atoms with Gasteiger partial charge in [0.1, 0.15) is 5.82 Å². The lowest BCUT2D eigenvalue weighted by Crippen LogP contribution is -2.48. The van der Waals surface area contributed by atoms with Gasteiger partial charge in [-0.05, 0) is 43.3 Å². The molecule has 1 aromatic carbocycles. The molecule has 3 heterocycles. The van der Waals surface area contributed by atoms with Crippen molar-refractivity contribution in [1.82, 2.24) is 23.6 Å². The maximum absolute atomic E-state index is 12.9. The van der Waals surface area contributed by atoms with Gasteiger partial charge >= 0.3 is 0 Å². The molecule has 7 nitrogen and oxygen atoms in total. The molecule has 1 fully saturated rings. The van der Waals surface area contributed by atoms with Gasteiger partial charge in [-0.3, -0.25) is 4.90 Å². The second-order valence-corrected chi connectivity index (χ2v) is 10.5. The molecule has 2 aromatic rings.